The van der Waals surface area contributed by atoms with E-state index in [2.05, 4.69) is 5.92 Å². The Balaban J connectivity index is 5.02. The van der Waals surface area contributed by atoms with Crippen molar-refractivity contribution in [2.45, 2.75) is 32.9 Å². The van der Waals surface area contributed by atoms with Crippen molar-refractivity contribution >= 4 is 13.6 Å². The molecule has 0 saturated carbocycles. The number of terminal acetylenes is 1. The summed E-state index contributed by atoms with van der Waals surface area (Å²) in [6.45, 7) is 5.55. The lowest BCUT2D eigenvalue weighted by molar-refractivity contribution is -0.143. The fourth-order valence-electron chi connectivity index (χ4n) is 1.25. The largest absolute Gasteiger partial charge is 0.465 e. The molecule has 5 nitrogen and oxygen atoms in total. The molecule has 0 aliphatic rings. The summed E-state index contributed by atoms with van der Waals surface area (Å²) in [5.41, 5.74) is -1.05. The number of esters is 1. The molecule has 0 aliphatic heterocycles. The minimum absolute atomic E-state index is 0.0316. The lowest BCUT2D eigenvalue weighted by Gasteiger charge is -2.23. The quantitative estimate of drug-likeness (QED) is 0.381. The Morgan fingerprint density at radius 3 is 2.12 bits per heavy atom. The van der Waals surface area contributed by atoms with Crippen molar-refractivity contribution in [2.75, 3.05) is 19.8 Å². The van der Waals surface area contributed by atoms with Gasteiger partial charge in [0.15, 0.2) is 5.66 Å². The molecule has 1 atom stereocenters. The third kappa shape index (κ3) is 4.91. The highest BCUT2D eigenvalue weighted by molar-refractivity contribution is 7.55. The van der Waals surface area contributed by atoms with Gasteiger partial charge >= 0.3 is 13.6 Å². The van der Waals surface area contributed by atoms with Crippen LogP contribution in [-0.4, -0.2) is 31.4 Å². The molecule has 0 radical (unpaired) electrons. The van der Waals surface area contributed by atoms with Crippen LogP contribution >= 0.6 is 7.60 Å². The molecular weight excluding hydrogens is 243 g/mol. The van der Waals surface area contributed by atoms with Crippen molar-refractivity contribution in [3.63, 3.8) is 0 Å². The van der Waals surface area contributed by atoms with E-state index < -0.39 is 19.2 Å². The number of hydrogen-bond acceptors (Lipinski definition) is 5. The summed E-state index contributed by atoms with van der Waals surface area (Å²) < 4.78 is 27.4. The zero-order valence-electron chi connectivity index (χ0n) is 10.5. The number of ether oxygens (including phenoxy) is 1. The van der Waals surface area contributed by atoms with Crippen molar-refractivity contribution < 1.29 is 23.1 Å². The van der Waals surface area contributed by atoms with Crippen molar-refractivity contribution in [1.82, 2.24) is 0 Å². The summed E-state index contributed by atoms with van der Waals surface area (Å²) in [5.74, 6) is 1.65. The monoisotopic (exact) mass is 262 g/mol. The van der Waals surface area contributed by atoms with Crippen LogP contribution in [-0.2, 0) is 23.1 Å². The molecule has 0 rings (SSSR count). The van der Waals surface area contributed by atoms with Crippen molar-refractivity contribution in [3.8, 4) is 12.3 Å². The van der Waals surface area contributed by atoms with Gasteiger partial charge in [-0.15, -0.1) is 12.3 Å². The van der Waals surface area contributed by atoms with E-state index in [9.17, 15) is 9.36 Å². The van der Waals surface area contributed by atoms with Crippen molar-refractivity contribution in [2.24, 2.45) is 0 Å². The summed E-state index contributed by atoms with van der Waals surface area (Å²) in [5, 5.41) is 0. The first kappa shape index (κ1) is 16.2. The van der Waals surface area contributed by atoms with Crippen molar-refractivity contribution in [1.29, 1.82) is 0 Å². The molecule has 0 amide bonds. The molecular formula is C11H19O5P. The molecule has 0 spiro atoms. The van der Waals surface area contributed by atoms with E-state index in [1.54, 1.807) is 20.8 Å². The lowest BCUT2D eigenvalue weighted by atomic mass is 10.3. The highest BCUT2D eigenvalue weighted by atomic mass is 31.2. The summed E-state index contributed by atoms with van der Waals surface area (Å²) >= 11 is 0. The minimum atomic E-state index is -3.55. The fraction of sp³-hybridized carbons (Fsp3) is 0.727. The maximum Gasteiger partial charge on any atom is 0.345 e. The molecule has 0 bridgehead atoms. The smallest absolute Gasteiger partial charge is 0.345 e. The van der Waals surface area contributed by atoms with E-state index in [1.807, 2.05) is 0 Å². The first-order valence-corrected chi connectivity index (χ1v) is 7.15. The van der Waals surface area contributed by atoms with Gasteiger partial charge in [0.05, 0.1) is 19.8 Å². The minimum Gasteiger partial charge on any atom is -0.465 e. The van der Waals surface area contributed by atoms with Crippen LogP contribution in [0.5, 0.6) is 0 Å². The third-order valence-electron chi connectivity index (χ3n) is 1.87. The molecule has 0 aromatic carbocycles. The predicted octanol–water partition coefficient (Wildman–Crippen LogP) is 2.21. The molecule has 6 heteroatoms. The number of hydrogen-bond donors (Lipinski definition) is 0. The van der Waals surface area contributed by atoms with Crippen LogP contribution in [0.4, 0.5) is 0 Å². The Morgan fingerprint density at radius 2 is 1.76 bits per heavy atom. The molecule has 0 aromatic heterocycles. The lowest BCUT2D eigenvalue weighted by Crippen LogP contribution is -2.25. The van der Waals surface area contributed by atoms with Crippen LogP contribution in [0.2, 0.25) is 0 Å². The summed E-state index contributed by atoms with van der Waals surface area (Å²) in [6.07, 6.45) is 5.13. The number of carbonyl (C=O) groups excluding carboxylic acids is 1. The SMILES string of the molecule is C#CCC(C(=O)OCC)P(=O)(OCC)OCC. The molecule has 0 N–H and O–H groups in total. The highest BCUT2D eigenvalue weighted by Gasteiger charge is 2.41. The second-order valence-electron chi connectivity index (χ2n) is 3.05. The Kier molecular flexibility index (Phi) is 7.90. The highest BCUT2D eigenvalue weighted by Crippen LogP contribution is 2.54. The van der Waals surface area contributed by atoms with Gasteiger partial charge in [0.25, 0.3) is 0 Å². The Morgan fingerprint density at radius 1 is 1.24 bits per heavy atom. The first-order chi connectivity index (χ1) is 8.05. The Labute approximate surface area is 102 Å². The van der Waals surface area contributed by atoms with Gasteiger partial charge in [0.1, 0.15) is 0 Å². The van der Waals surface area contributed by atoms with Gasteiger partial charge < -0.3 is 13.8 Å². The van der Waals surface area contributed by atoms with Gasteiger partial charge in [-0.3, -0.25) is 9.36 Å². The van der Waals surface area contributed by atoms with E-state index in [4.69, 9.17) is 20.2 Å². The second kappa shape index (κ2) is 8.30. The average Bonchev–Trinajstić information content (AvgIpc) is 2.26. The molecule has 98 valence electrons. The third-order valence-corrected chi connectivity index (χ3v) is 4.26. The van der Waals surface area contributed by atoms with Crippen LogP contribution in [0.1, 0.15) is 27.2 Å². The topological polar surface area (TPSA) is 61.8 Å². The molecule has 0 saturated heterocycles. The first-order valence-electron chi connectivity index (χ1n) is 5.54. The molecule has 0 aliphatic carbocycles. The maximum atomic E-state index is 12.4. The molecule has 0 fully saturated rings. The van der Waals surface area contributed by atoms with Crippen LogP contribution < -0.4 is 0 Å². The van der Waals surface area contributed by atoms with E-state index in [0.717, 1.165) is 0 Å². The van der Waals surface area contributed by atoms with Gasteiger partial charge in [-0.25, -0.2) is 0 Å². The number of carbonyl (C=O) groups is 1. The van der Waals surface area contributed by atoms with Crippen molar-refractivity contribution in [3.05, 3.63) is 0 Å². The van der Waals surface area contributed by atoms with Gasteiger partial charge in [0, 0.05) is 6.42 Å². The van der Waals surface area contributed by atoms with E-state index in [1.165, 1.54) is 0 Å². The van der Waals surface area contributed by atoms with E-state index in [0.29, 0.717) is 0 Å². The number of rotatable bonds is 8. The molecule has 1 unspecified atom stereocenters. The van der Waals surface area contributed by atoms with Crippen LogP contribution in [0.3, 0.4) is 0 Å². The average molecular weight is 262 g/mol. The van der Waals surface area contributed by atoms with Crippen LogP contribution in [0.25, 0.3) is 0 Å². The zero-order chi connectivity index (χ0) is 13.3. The normalized spacial score (nSPS) is 12.8. The van der Waals surface area contributed by atoms with E-state index >= 15 is 0 Å². The molecule has 0 aromatic rings. The summed E-state index contributed by atoms with van der Waals surface area (Å²) in [7, 11) is -3.55. The zero-order valence-corrected chi connectivity index (χ0v) is 11.4. The maximum absolute atomic E-state index is 12.4. The van der Waals surface area contributed by atoms with Gasteiger partial charge in [-0.05, 0) is 20.8 Å². The van der Waals surface area contributed by atoms with Gasteiger partial charge in [-0.1, -0.05) is 0 Å². The molecule has 0 heterocycles. The second-order valence-corrected chi connectivity index (χ2v) is 5.27. The Bertz CT molecular complexity index is 310. The van der Waals surface area contributed by atoms with Crippen LogP contribution in [0, 0.1) is 12.3 Å². The summed E-state index contributed by atoms with van der Waals surface area (Å²) in [6, 6.07) is 0. The standard InChI is InChI=1S/C11H19O5P/c1-5-9-10(11(12)14-6-2)17(13,15-7-3)16-8-4/h1,10H,6-9H2,2-4H3. The van der Waals surface area contributed by atoms with Crippen LogP contribution in [0.15, 0.2) is 0 Å². The van der Waals surface area contributed by atoms with Gasteiger partial charge in [0.2, 0.25) is 0 Å². The van der Waals surface area contributed by atoms with E-state index in [-0.39, 0.29) is 26.2 Å². The van der Waals surface area contributed by atoms with Gasteiger partial charge in [-0.2, -0.15) is 0 Å². The predicted molar refractivity (Wildman–Crippen MR) is 64.7 cm³/mol. The molecule has 17 heavy (non-hydrogen) atoms. The Hall–Kier alpha value is -0.820. The summed E-state index contributed by atoms with van der Waals surface area (Å²) in [4.78, 5) is 11.7. The fourth-order valence-corrected chi connectivity index (χ4v) is 3.07.